The van der Waals surface area contributed by atoms with Crippen molar-refractivity contribution < 1.29 is 9.52 Å². The molecule has 0 amide bonds. The van der Waals surface area contributed by atoms with Gasteiger partial charge in [-0.2, -0.15) is 0 Å². The van der Waals surface area contributed by atoms with Crippen LogP contribution in [0, 0.1) is 6.92 Å². The van der Waals surface area contributed by atoms with Gasteiger partial charge in [0.15, 0.2) is 0 Å². The number of hydrogen-bond donors (Lipinski definition) is 2. The Morgan fingerprint density at radius 3 is 2.85 bits per heavy atom. The van der Waals surface area contributed by atoms with Crippen LogP contribution in [-0.4, -0.2) is 18.3 Å². The van der Waals surface area contributed by atoms with E-state index in [0.717, 1.165) is 24.5 Å². The van der Waals surface area contributed by atoms with Gasteiger partial charge < -0.3 is 14.8 Å². The highest BCUT2D eigenvalue weighted by Crippen LogP contribution is 2.14. The second-order valence-corrected chi connectivity index (χ2v) is 3.20. The van der Waals surface area contributed by atoms with Gasteiger partial charge in [-0.1, -0.05) is 0 Å². The Bertz CT molecular complexity index is 245. The van der Waals surface area contributed by atoms with Gasteiger partial charge in [-0.25, -0.2) is 0 Å². The average molecular weight is 183 g/mol. The van der Waals surface area contributed by atoms with Crippen molar-refractivity contribution in [3.05, 3.63) is 23.7 Å². The molecule has 2 N–H and O–H groups in total. The van der Waals surface area contributed by atoms with Crippen molar-refractivity contribution in [2.75, 3.05) is 13.2 Å². The summed E-state index contributed by atoms with van der Waals surface area (Å²) < 4.78 is 5.45. The van der Waals surface area contributed by atoms with E-state index < -0.39 is 0 Å². The van der Waals surface area contributed by atoms with Crippen LogP contribution >= 0.6 is 0 Å². The summed E-state index contributed by atoms with van der Waals surface area (Å²) in [7, 11) is 0. The summed E-state index contributed by atoms with van der Waals surface area (Å²) in [6.07, 6.45) is 0.782. The predicted octanol–water partition coefficient (Wildman–Crippen LogP) is 1.62. The first-order chi connectivity index (χ1) is 6.24. The Labute approximate surface area is 78.8 Å². The molecule has 13 heavy (non-hydrogen) atoms. The third-order valence-corrected chi connectivity index (χ3v) is 1.97. The maximum Gasteiger partial charge on any atom is 0.120 e. The fourth-order valence-corrected chi connectivity index (χ4v) is 1.18. The van der Waals surface area contributed by atoms with Crippen molar-refractivity contribution >= 4 is 0 Å². The highest BCUT2D eigenvalue weighted by molar-refractivity contribution is 5.08. The molecule has 0 radical (unpaired) electrons. The lowest BCUT2D eigenvalue weighted by Gasteiger charge is -2.09. The summed E-state index contributed by atoms with van der Waals surface area (Å²) in [5.74, 6) is 1.89. The van der Waals surface area contributed by atoms with Crippen LogP contribution in [0.2, 0.25) is 0 Å². The molecule has 3 heteroatoms. The summed E-state index contributed by atoms with van der Waals surface area (Å²) in [4.78, 5) is 0. The number of rotatable bonds is 5. The molecule has 0 aliphatic carbocycles. The molecular formula is C10H17NO2. The summed E-state index contributed by atoms with van der Waals surface area (Å²) in [6.45, 7) is 5.04. The lowest BCUT2D eigenvalue weighted by molar-refractivity contribution is 0.282. The molecule has 0 saturated heterocycles. The Kier molecular flexibility index (Phi) is 3.99. The molecule has 0 aromatic carbocycles. The van der Waals surface area contributed by atoms with Crippen LogP contribution in [0.5, 0.6) is 0 Å². The minimum atomic E-state index is 0.222. The fourth-order valence-electron chi connectivity index (χ4n) is 1.18. The van der Waals surface area contributed by atoms with E-state index >= 15 is 0 Å². The standard InChI is InChI=1S/C10H17NO2/c1-8-4-5-10(13-8)9(2)11-6-3-7-12/h4-5,9,11-12H,3,6-7H2,1-2H3/t9-/m1/s1. The number of nitrogens with one attached hydrogen (secondary N) is 1. The monoisotopic (exact) mass is 183 g/mol. The zero-order valence-corrected chi connectivity index (χ0v) is 8.21. The number of aliphatic hydroxyl groups excluding tert-OH is 1. The number of furan rings is 1. The molecule has 1 aromatic heterocycles. The first-order valence-corrected chi connectivity index (χ1v) is 4.64. The zero-order chi connectivity index (χ0) is 9.68. The van der Waals surface area contributed by atoms with E-state index in [2.05, 4.69) is 12.2 Å². The maximum absolute atomic E-state index is 8.59. The van der Waals surface area contributed by atoms with Crippen molar-refractivity contribution in [3.8, 4) is 0 Å². The third-order valence-electron chi connectivity index (χ3n) is 1.97. The summed E-state index contributed by atoms with van der Waals surface area (Å²) in [5, 5.41) is 11.8. The van der Waals surface area contributed by atoms with Gasteiger partial charge in [0, 0.05) is 6.61 Å². The predicted molar refractivity (Wildman–Crippen MR) is 51.6 cm³/mol. The normalized spacial score (nSPS) is 13.2. The van der Waals surface area contributed by atoms with Crippen LogP contribution in [0.25, 0.3) is 0 Å². The molecule has 0 bridgehead atoms. The molecule has 0 unspecified atom stereocenters. The molecule has 0 aliphatic rings. The zero-order valence-electron chi connectivity index (χ0n) is 8.21. The van der Waals surface area contributed by atoms with Crippen molar-refractivity contribution in [1.82, 2.24) is 5.32 Å². The molecule has 1 heterocycles. The molecule has 1 aromatic rings. The van der Waals surface area contributed by atoms with Gasteiger partial charge in [0.25, 0.3) is 0 Å². The maximum atomic E-state index is 8.59. The topological polar surface area (TPSA) is 45.4 Å². The fraction of sp³-hybridized carbons (Fsp3) is 0.600. The second-order valence-electron chi connectivity index (χ2n) is 3.20. The van der Waals surface area contributed by atoms with Gasteiger partial charge in [-0.15, -0.1) is 0 Å². The van der Waals surface area contributed by atoms with Gasteiger partial charge >= 0.3 is 0 Å². The molecule has 0 spiro atoms. The van der Waals surface area contributed by atoms with E-state index in [1.54, 1.807) is 0 Å². The van der Waals surface area contributed by atoms with Crippen molar-refractivity contribution in [2.45, 2.75) is 26.3 Å². The molecule has 74 valence electrons. The largest absolute Gasteiger partial charge is 0.465 e. The van der Waals surface area contributed by atoms with Gasteiger partial charge in [0.05, 0.1) is 6.04 Å². The van der Waals surface area contributed by atoms with Crippen molar-refractivity contribution in [1.29, 1.82) is 0 Å². The van der Waals surface area contributed by atoms with Gasteiger partial charge in [0.2, 0.25) is 0 Å². The quantitative estimate of drug-likeness (QED) is 0.682. The molecular weight excluding hydrogens is 166 g/mol. The lowest BCUT2D eigenvalue weighted by Crippen LogP contribution is -2.20. The molecule has 0 saturated carbocycles. The van der Waals surface area contributed by atoms with E-state index in [-0.39, 0.29) is 12.6 Å². The Balaban J connectivity index is 2.35. The van der Waals surface area contributed by atoms with E-state index in [1.807, 2.05) is 19.1 Å². The Morgan fingerprint density at radius 1 is 1.54 bits per heavy atom. The van der Waals surface area contributed by atoms with Crippen LogP contribution in [-0.2, 0) is 0 Å². The van der Waals surface area contributed by atoms with E-state index in [9.17, 15) is 0 Å². The molecule has 1 rings (SSSR count). The van der Waals surface area contributed by atoms with Gasteiger partial charge in [-0.05, 0) is 38.9 Å². The number of aryl methyl sites for hydroxylation is 1. The van der Waals surface area contributed by atoms with Crippen molar-refractivity contribution in [3.63, 3.8) is 0 Å². The highest BCUT2D eigenvalue weighted by Gasteiger charge is 2.07. The number of hydrogen-bond acceptors (Lipinski definition) is 3. The molecule has 3 nitrogen and oxygen atoms in total. The summed E-state index contributed by atoms with van der Waals surface area (Å²) in [6, 6.07) is 4.16. The van der Waals surface area contributed by atoms with Gasteiger partial charge in [0.1, 0.15) is 11.5 Å². The minimum absolute atomic E-state index is 0.222. The average Bonchev–Trinajstić information content (AvgIpc) is 2.52. The van der Waals surface area contributed by atoms with Crippen LogP contribution < -0.4 is 5.32 Å². The molecule has 0 aliphatic heterocycles. The summed E-state index contributed by atoms with van der Waals surface area (Å²) >= 11 is 0. The van der Waals surface area contributed by atoms with Crippen LogP contribution in [0.3, 0.4) is 0 Å². The van der Waals surface area contributed by atoms with Crippen LogP contribution in [0.1, 0.15) is 30.9 Å². The van der Waals surface area contributed by atoms with Crippen LogP contribution in [0.15, 0.2) is 16.5 Å². The second kappa shape index (κ2) is 5.04. The molecule has 1 atom stereocenters. The van der Waals surface area contributed by atoms with E-state index in [1.165, 1.54) is 0 Å². The van der Waals surface area contributed by atoms with Crippen molar-refractivity contribution in [2.24, 2.45) is 0 Å². The first kappa shape index (κ1) is 10.3. The smallest absolute Gasteiger partial charge is 0.120 e. The number of aliphatic hydroxyl groups is 1. The first-order valence-electron chi connectivity index (χ1n) is 4.64. The van der Waals surface area contributed by atoms with Gasteiger partial charge in [-0.3, -0.25) is 0 Å². The van der Waals surface area contributed by atoms with E-state index in [4.69, 9.17) is 9.52 Å². The lowest BCUT2D eigenvalue weighted by atomic mass is 10.2. The molecule has 0 fully saturated rings. The minimum Gasteiger partial charge on any atom is -0.465 e. The third kappa shape index (κ3) is 3.20. The highest BCUT2D eigenvalue weighted by atomic mass is 16.3. The Hall–Kier alpha value is -0.800. The van der Waals surface area contributed by atoms with Crippen LogP contribution in [0.4, 0.5) is 0 Å². The Morgan fingerprint density at radius 2 is 2.31 bits per heavy atom. The van der Waals surface area contributed by atoms with E-state index in [0.29, 0.717) is 0 Å². The summed E-state index contributed by atoms with van der Waals surface area (Å²) in [5.41, 5.74) is 0. The SMILES string of the molecule is Cc1ccc([C@@H](C)NCCCO)o1.